The van der Waals surface area contributed by atoms with Gasteiger partial charge in [0.25, 0.3) is 0 Å². The molecule has 3 rings (SSSR count). The van der Waals surface area contributed by atoms with Gasteiger partial charge in [-0.05, 0) is 12.1 Å². The molecule has 0 unspecified atom stereocenters. The Kier molecular flexibility index (Phi) is 6.04. The standard InChI is InChI=1S/C6H6N2O.C5H5N5.Na.H/c7-6(9)5-2-1-3-8-4-5;6-4-3-5(9-1-7-3)10-2-8-4;;/h1-4H,(H2,7,9);1-2H,(H3,6,7,8,9,10);;/q;;+1;-1. The molecule has 98 valence electrons. The maximum Gasteiger partial charge on any atom is 1.00 e. The molecule has 0 spiro atoms. The fraction of sp³-hybridized carbons (Fsp3) is 0. The summed E-state index contributed by atoms with van der Waals surface area (Å²) >= 11 is 0. The van der Waals surface area contributed by atoms with Gasteiger partial charge in [0.05, 0.1) is 11.9 Å². The van der Waals surface area contributed by atoms with Crippen LogP contribution in [0.3, 0.4) is 0 Å². The van der Waals surface area contributed by atoms with E-state index in [0.717, 1.165) is 0 Å². The molecule has 3 aromatic heterocycles. The van der Waals surface area contributed by atoms with Crippen molar-refractivity contribution in [2.75, 3.05) is 5.73 Å². The summed E-state index contributed by atoms with van der Waals surface area (Å²) in [5.74, 6) is -0.00870. The van der Waals surface area contributed by atoms with E-state index >= 15 is 0 Å². The van der Waals surface area contributed by atoms with Crippen molar-refractivity contribution in [3.05, 3.63) is 42.7 Å². The first-order valence-electron chi connectivity index (χ1n) is 5.28. The van der Waals surface area contributed by atoms with E-state index in [2.05, 4.69) is 24.9 Å². The van der Waals surface area contributed by atoms with Crippen LogP contribution in [0, 0.1) is 0 Å². The summed E-state index contributed by atoms with van der Waals surface area (Å²) in [4.78, 5) is 28.5. The van der Waals surface area contributed by atoms with Crippen LogP contribution in [0.5, 0.6) is 0 Å². The number of H-pyrrole nitrogens is 1. The number of hydrogen-bond donors (Lipinski definition) is 3. The van der Waals surface area contributed by atoms with Crippen LogP contribution in [0.4, 0.5) is 5.82 Å². The molecule has 0 saturated carbocycles. The van der Waals surface area contributed by atoms with Crippen molar-refractivity contribution in [3.63, 3.8) is 0 Å². The topological polar surface area (TPSA) is 136 Å². The number of fused-ring (bicyclic) bond motifs is 1. The van der Waals surface area contributed by atoms with Gasteiger partial charge in [-0.25, -0.2) is 15.0 Å². The molecule has 0 aliphatic carbocycles. The Morgan fingerprint density at radius 3 is 2.65 bits per heavy atom. The Balaban J connectivity index is 0.000000350. The summed E-state index contributed by atoms with van der Waals surface area (Å²) in [5.41, 5.74) is 12.2. The quantitative estimate of drug-likeness (QED) is 0.413. The number of carbonyl (C=O) groups excluding carboxylic acids is 1. The second-order valence-corrected chi connectivity index (χ2v) is 3.47. The number of nitrogens with zero attached hydrogens (tertiary/aromatic N) is 4. The molecule has 20 heavy (non-hydrogen) atoms. The Morgan fingerprint density at radius 2 is 2.10 bits per heavy atom. The molecule has 8 nitrogen and oxygen atoms in total. The zero-order valence-corrected chi connectivity index (χ0v) is 12.8. The van der Waals surface area contributed by atoms with Gasteiger partial charge in [0, 0.05) is 12.4 Å². The fourth-order valence-electron chi connectivity index (χ4n) is 1.29. The van der Waals surface area contributed by atoms with Gasteiger partial charge in [0.15, 0.2) is 11.5 Å². The van der Waals surface area contributed by atoms with E-state index < -0.39 is 5.91 Å². The molecule has 5 N–H and O–H groups in total. The third kappa shape index (κ3) is 3.98. The SMILES string of the molecule is NC(=O)c1cccnc1.Nc1ncnc2nc[nH]c12.[H-].[Na+]. The molecular formula is C11H12N7NaO. The fourth-order valence-corrected chi connectivity index (χ4v) is 1.29. The largest absolute Gasteiger partial charge is 1.00 e. The van der Waals surface area contributed by atoms with Gasteiger partial charge >= 0.3 is 29.6 Å². The number of nitrogens with two attached hydrogens (primary N) is 2. The molecule has 0 aromatic carbocycles. The minimum atomic E-state index is -0.442. The number of primary amides is 1. The van der Waals surface area contributed by atoms with Crippen molar-refractivity contribution in [1.82, 2.24) is 24.9 Å². The number of anilines is 1. The van der Waals surface area contributed by atoms with Crippen LogP contribution in [0.1, 0.15) is 11.8 Å². The minimum absolute atomic E-state index is 0. The number of amides is 1. The second kappa shape index (κ2) is 7.53. The average molecular weight is 281 g/mol. The number of nitrogen functional groups attached to an aromatic ring is 1. The first-order chi connectivity index (χ1) is 9.18. The van der Waals surface area contributed by atoms with E-state index in [-0.39, 0.29) is 31.0 Å². The summed E-state index contributed by atoms with van der Waals surface area (Å²) in [6, 6.07) is 3.29. The third-order valence-corrected chi connectivity index (χ3v) is 2.20. The Labute approximate surface area is 137 Å². The van der Waals surface area contributed by atoms with Crippen LogP contribution < -0.4 is 41.0 Å². The van der Waals surface area contributed by atoms with E-state index in [1.807, 2.05) is 0 Å². The summed E-state index contributed by atoms with van der Waals surface area (Å²) in [6.07, 6.45) is 5.95. The van der Waals surface area contributed by atoms with Crippen LogP contribution in [0.2, 0.25) is 0 Å². The Morgan fingerprint density at radius 1 is 1.30 bits per heavy atom. The number of pyridine rings is 1. The summed E-state index contributed by atoms with van der Waals surface area (Å²) in [6.45, 7) is 0. The molecule has 3 heterocycles. The van der Waals surface area contributed by atoms with E-state index in [1.54, 1.807) is 18.3 Å². The zero-order chi connectivity index (χ0) is 13.7. The van der Waals surface area contributed by atoms with Gasteiger partial charge in [-0.1, -0.05) is 0 Å². The van der Waals surface area contributed by atoms with Crippen molar-refractivity contribution < 1.29 is 35.8 Å². The van der Waals surface area contributed by atoms with Gasteiger partial charge in [-0.2, -0.15) is 0 Å². The van der Waals surface area contributed by atoms with Crippen molar-refractivity contribution in [1.29, 1.82) is 0 Å². The first-order valence-corrected chi connectivity index (χ1v) is 5.28. The molecule has 0 atom stereocenters. The molecular weight excluding hydrogens is 269 g/mol. The van der Waals surface area contributed by atoms with Crippen LogP contribution >= 0.6 is 0 Å². The van der Waals surface area contributed by atoms with Crippen LogP contribution in [-0.4, -0.2) is 30.8 Å². The van der Waals surface area contributed by atoms with Gasteiger partial charge in [0.2, 0.25) is 5.91 Å². The van der Waals surface area contributed by atoms with Gasteiger partial charge < -0.3 is 17.9 Å². The normalized spacial score (nSPS) is 9.20. The number of nitrogens with one attached hydrogen (secondary N) is 1. The monoisotopic (exact) mass is 281 g/mol. The van der Waals surface area contributed by atoms with E-state index in [0.29, 0.717) is 22.5 Å². The van der Waals surface area contributed by atoms with Gasteiger partial charge in [-0.3, -0.25) is 9.78 Å². The molecule has 0 radical (unpaired) electrons. The van der Waals surface area contributed by atoms with Crippen molar-refractivity contribution in [2.24, 2.45) is 5.73 Å². The van der Waals surface area contributed by atoms with Crippen molar-refractivity contribution in [3.8, 4) is 0 Å². The first kappa shape index (κ1) is 16.0. The maximum absolute atomic E-state index is 10.4. The van der Waals surface area contributed by atoms with E-state index in [9.17, 15) is 4.79 Å². The third-order valence-electron chi connectivity index (χ3n) is 2.20. The average Bonchev–Trinajstić information content (AvgIpc) is 2.90. The second-order valence-electron chi connectivity index (χ2n) is 3.47. The zero-order valence-electron chi connectivity index (χ0n) is 11.8. The smallest absolute Gasteiger partial charge is 1.00 e. The van der Waals surface area contributed by atoms with Crippen LogP contribution in [0.25, 0.3) is 11.2 Å². The molecule has 3 aromatic rings. The number of carbonyl (C=O) groups is 1. The van der Waals surface area contributed by atoms with Gasteiger partial charge in [-0.15, -0.1) is 0 Å². The molecule has 9 heteroatoms. The molecule has 0 aliphatic rings. The number of aromatic amines is 1. The number of aromatic nitrogens is 5. The van der Waals surface area contributed by atoms with Crippen LogP contribution in [0.15, 0.2) is 37.2 Å². The van der Waals surface area contributed by atoms with Crippen molar-refractivity contribution in [2.45, 2.75) is 0 Å². The molecule has 0 bridgehead atoms. The van der Waals surface area contributed by atoms with Crippen LogP contribution in [-0.2, 0) is 0 Å². The number of imidazole rings is 1. The predicted octanol–water partition coefficient (Wildman–Crippen LogP) is -2.77. The van der Waals surface area contributed by atoms with Crippen molar-refractivity contribution >= 4 is 22.9 Å². The molecule has 1 amide bonds. The number of rotatable bonds is 1. The van der Waals surface area contributed by atoms with Gasteiger partial charge in [0.1, 0.15) is 11.8 Å². The molecule has 0 fully saturated rings. The Bertz CT molecular complexity index is 691. The molecule has 0 saturated heterocycles. The summed E-state index contributed by atoms with van der Waals surface area (Å²) in [7, 11) is 0. The minimum Gasteiger partial charge on any atom is -1.00 e. The van der Waals surface area contributed by atoms with E-state index in [1.165, 1.54) is 18.9 Å². The maximum atomic E-state index is 10.4. The summed E-state index contributed by atoms with van der Waals surface area (Å²) < 4.78 is 0. The summed E-state index contributed by atoms with van der Waals surface area (Å²) in [5, 5.41) is 0. The number of hydrogen-bond acceptors (Lipinski definition) is 6. The Hall–Kier alpha value is -2.03. The van der Waals surface area contributed by atoms with E-state index in [4.69, 9.17) is 11.5 Å². The molecule has 0 aliphatic heterocycles. The predicted molar refractivity (Wildman–Crippen MR) is 70.0 cm³/mol.